The van der Waals surface area contributed by atoms with Gasteiger partial charge in [-0.1, -0.05) is 84.0 Å². The zero-order chi connectivity index (χ0) is 23.0. The fourth-order valence-electron chi connectivity index (χ4n) is 4.57. The Balaban J connectivity index is 1.99. The Kier molecular flexibility index (Phi) is 14.8. The van der Waals surface area contributed by atoms with Crippen LogP contribution in [-0.2, 0) is 14.3 Å². The Hall–Kier alpha value is -1.14. The number of nitrogens with zero attached hydrogens (tertiary/aromatic N) is 1. The van der Waals surface area contributed by atoms with Crippen LogP contribution in [0.3, 0.4) is 0 Å². The van der Waals surface area contributed by atoms with E-state index in [4.69, 9.17) is 9.84 Å². The molecule has 0 aromatic heterocycles. The third kappa shape index (κ3) is 15.3. The number of aliphatic carboxylic acids is 1. The molecule has 1 rings (SSSR count). The first-order chi connectivity index (χ1) is 14.8. The molecular formula is C25H49N2O4+. The van der Waals surface area contributed by atoms with Gasteiger partial charge in [0.2, 0.25) is 5.91 Å². The fourth-order valence-corrected chi connectivity index (χ4v) is 4.57. The average Bonchev–Trinajstić information content (AvgIpc) is 2.68. The second kappa shape index (κ2) is 16.5. The van der Waals surface area contributed by atoms with Gasteiger partial charge in [0, 0.05) is 13.0 Å². The van der Waals surface area contributed by atoms with Crippen LogP contribution in [0.1, 0.15) is 103 Å². The summed E-state index contributed by atoms with van der Waals surface area (Å²) < 4.78 is 6.61. The lowest BCUT2D eigenvalue weighted by Gasteiger charge is -2.41. The number of rotatable bonds is 18. The van der Waals surface area contributed by atoms with Crippen LogP contribution in [0.25, 0.3) is 0 Å². The van der Waals surface area contributed by atoms with Gasteiger partial charge in [-0.2, -0.15) is 0 Å². The van der Waals surface area contributed by atoms with Crippen LogP contribution in [0.15, 0.2) is 0 Å². The largest absolute Gasteiger partial charge is 0.481 e. The summed E-state index contributed by atoms with van der Waals surface area (Å²) in [5, 5.41) is 12.0. The second-order valence-corrected chi connectivity index (χ2v) is 10.1. The molecule has 182 valence electrons. The molecular weight excluding hydrogens is 392 g/mol. The number of morpholine rings is 1. The van der Waals surface area contributed by atoms with Crippen molar-refractivity contribution in [3.63, 3.8) is 0 Å². The number of carbonyl (C=O) groups excluding carboxylic acids is 1. The van der Waals surface area contributed by atoms with Crippen molar-refractivity contribution < 1.29 is 23.9 Å². The van der Waals surface area contributed by atoms with Crippen molar-refractivity contribution in [2.75, 3.05) is 33.7 Å². The van der Waals surface area contributed by atoms with E-state index < -0.39 is 5.97 Å². The lowest BCUT2D eigenvalue weighted by atomic mass is 10.0. The Morgan fingerprint density at radius 3 is 1.84 bits per heavy atom. The maximum Gasteiger partial charge on any atom is 0.306 e. The molecule has 6 nitrogen and oxygen atoms in total. The SMILES string of the molecule is CCCCCCCCCCCCCCCC(=O)NC[C@@H]1C[N+](C)(C)C[C@H](CC(=O)O)O1. The van der Waals surface area contributed by atoms with E-state index in [2.05, 4.69) is 26.3 Å². The summed E-state index contributed by atoms with van der Waals surface area (Å²) in [7, 11) is 4.17. The van der Waals surface area contributed by atoms with Crippen molar-refractivity contribution in [2.24, 2.45) is 0 Å². The molecule has 1 saturated heterocycles. The van der Waals surface area contributed by atoms with Crippen LogP contribution >= 0.6 is 0 Å². The van der Waals surface area contributed by atoms with E-state index in [1.165, 1.54) is 70.6 Å². The number of hydrogen-bond acceptors (Lipinski definition) is 3. The summed E-state index contributed by atoms with van der Waals surface area (Å²) in [6.07, 6.45) is 17.1. The molecule has 6 heteroatoms. The Labute approximate surface area is 190 Å². The fraction of sp³-hybridized carbons (Fsp3) is 0.920. The summed E-state index contributed by atoms with van der Waals surface area (Å²) in [5.74, 6) is -0.755. The van der Waals surface area contributed by atoms with Gasteiger partial charge >= 0.3 is 5.97 Å². The molecule has 2 atom stereocenters. The predicted octanol–water partition coefficient (Wildman–Crippen LogP) is 4.90. The van der Waals surface area contributed by atoms with Crippen LogP contribution in [0.2, 0.25) is 0 Å². The number of quaternary nitrogens is 1. The average molecular weight is 442 g/mol. The van der Waals surface area contributed by atoms with Gasteiger partial charge in [0.15, 0.2) is 0 Å². The minimum Gasteiger partial charge on any atom is -0.481 e. The number of unbranched alkanes of at least 4 members (excludes halogenated alkanes) is 12. The third-order valence-corrected chi connectivity index (χ3v) is 6.22. The first-order valence-corrected chi connectivity index (χ1v) is 12.8. The lowest BCUT2D eigenvalue weighted by molar-refractivity contribution is -0.905. The first kappa shape index (κ1) is 27.9. The number of amides is 1. The first-order valence-electron chi connectivity index (χ1n) is 12.8. The number of carboxylic acid groups (broad SMARTS) is 1. The Bertz CT molecular complexity index is 496. The normalized spacial score (nSPS) is 20.5. The maximum absolute atomic E-state index is 12.1. The topological polar surface area (TPSA) is 75.6 Å². The number of hydrogen-bond donors (Lipinski definition) is 2. The van der Waals surface area contributed by atoms with Gasteiger partial charge in [0.25, 0.3) is 0 Å². The summed E-state index contributed by atoms with van der Waals surface area (Å²) in [5.41, 5.74) is 0. The molecule has 1 fully saturated rings. The van der Waals surface area contributed by atoms with Crippen LogP contribution in [0, 0.1) is 0 Å². The van der Waals surface area contributed by atoms with Crippen molar-refractivity contribution in [1.82, 2.24) is 5.32 Å². The van der Waals surface area contributed by atoms with E-state index in [0.29, 0.717) is 19.5 Å². The highest BCUT2D eigenvalue weighted by Gasteiger charge is 2.35. The highest BCUT2D eigenvalue weighted by molar-refractivity contribution is 5.75. The van der Waals surface area contributed by atoms with Crippen molar-refractivity contribution in [2.45, 2.75) is 115 Å². The lowest BCUT2D eigenvalue weighted by Crippen LogP contribution is -2.59. The molecule has 0 saturated carbocycles. The van der Waals surface area contributed by atoms with E-state index >= 15 is 0 Å². The molecule has 0 aromatic carbocycles. The number of carboxylic acids is 1. The Morgan fingerprint density at radius 1 is 0.839 bits per heavy atom. The van der Waals surface area contributed by atoms with Crippen molar-refractivity contribution in [1.29, 1.82) is 0 Å². The highest BCUT2D eigenvalue weighted by atomic mass is 16.5. The van der Waals surface area contributed by atoms with Gasteiger partial charge < -0.3 is 19.6 Å². The van der Waals surface area contributed by atoms with E-state index in [9.17, 15) is 9.59 Å². The maximum atomic E-state index is 12.1. The summed E-state index contributed by atoms with van der Waals surface area (Å²) >= 11 is 0. The monoisotopic (exact) mass is 441 g/mol. The molecule has 0 aliphatic carbocycles. The molecule has 0 spiro atoms. The smallest absolute Gasteiger partial charge is 0.306 e. The van der Waals surface area contributed by atoms with E-state index in [0.717, 1.165) is 23.9 Å². The summed E-state index contributed by atoms with van der Waals surface area (Å²) in [6, 6.07) is 0. The molecule has 1 heterocycles. The molecule has 2 N–H and O–H groups in total. The van der Waals surface area contributed by atoms with Gasteiger partial charge in [0.05, 0.1) is 20.5 Å². The number of likely N-dealkylation sites (N-methyl/N-ethyl adjacent to an activating group) is 1. The van der Waals surface area contributed by atoms with Crippen molar-refractivity contribution >= 4 is 11.9 Å². The zero-order valence-corrected chi connectivity index (χ0v) is 20.5. The third-order valence-electron chi connectivity index (χ3n) is 6.22. The van der Waals surface area contributed by atoms with Crippen molar-refractivity contribution in [3.8, 4) is 0 Å². The van der Waals surface area contributed by atoms with Gasteiger partial charge in [-0.05, 0) is 6.42 Å². The predicted molar refractivity (Wildman–Crippen MR) is 126 cm³/mol. The van der Waals surface area contributed by atoms with Crippen molar-refractivity contribution in [3.05, 3.63) is 0 Å². The molecule has 1 aliphatic heterocycles. The summed E-state index contributed by atoms with van der Waals surface area (Å²) in [6.45, 7) is 4.21. The molecule has 1 amide bonds. The molecule has 0 aromatic rings. The van der Waals surface area contributed by atoms with Gasteiger partial charge in [-0.3, -0.25) is 9.59 Å². The quantitative estimate of drug-likeness (QED) is 0.234. The highest BCUT2D eigenvalue weighted by Crippen LogP contribution is 2.18. The molecule has 0 bridgehead atoms. The van der Waals surface area contributed by atoms with E-state index in [1.807, 2.05) is 0 Å². The standard InChI is InChI=1S/C25H48N2O4/c1-4-5-6-7-8-9-10-11-12-13-14-15-16-17-24(28)26-19-23-21-27(2,3)20-22(31-23)18-25(29)30/h22-23H,4-21H2,1-3H3,(H-,26,28,29,30)/p+1/t22-,23+/m0/s1. The van der Waals surface area contributed by atoms with Crippen LogP contribution in [-0.4, -0.2) is 67.4 Å². The van der Waals surface area contributed by atoms with Gasteiger partial charge in [-0.25, -0.2) is 0 Å². The van der Waals surface area contributed by atoms with Crippen LogP contribution in [0.5, 0.6) is 0 Å². The number of ether oxygens (including phenoxy) is 1. The van der Waals surface area contributed by atoms with Gasteiger partial charge in [0.1, 0.15) is 25.3 Å². The second-order valence-electron chi connectivity index (χ2n) is 10.1. The zero-order valence-electron chi connectivity index (χ0n) is 20.5. The van der Waals surface area contributed by atoms with Crippen LogP contribution in [0.4, 0.5) is 0 Å². The Morgan fingerprint density at radius 2 is 1.32 bits per heavy atom. The molecule has 1 aliphatic rings. The molecule has 0 unspecified atom stereocenters. The minimum absolute atomic E-state index is 0.0189. The number of nitrogens with one attached hydrogen (secondary N) is 1. The van der Waals surface area contributed by atoms with E-state index in [-0.39, 0.29) is 24.5 Å². The summed E-state index contributed by atoms with van der Waals surface area (Å²) in [4.78, 5) is 23.1. The molecule has 31 heavy (non-hydrogen) atoms. The van der Waals surface area contributed by atoms with E-state index in [1.54, 1.807) is 0 Å². The van der Waals surface area contributed by atoms with Crippen LogP contribution < -0.4 is 5.32 Å². The molecule has 0 radical (unpaired) electrons. The minimum atomic E-state index is -0.836. The number of carbonyl (C=O) groups is 2. The van der Waals surface area contributed by atoms with Gasteiger partial charge in [-0.15, -0.1) is 0 Å².